The molecule has 0 saturated carbocycles. The van der Waals surface area contributed by atoms with Crippen LogP contribution in [-0.4, -0.2) is 20.7 Å². The minimum Gasteiger partial charge on any atom is -0.348 e. The van der Waals surface area contributed by atoms with Gasteiger partial charge in [0.05, 0.1) is 32.7 Å². The number of carbonyl (C=O) groups is 1. The summed E-state index contributed by atoms with van der Waals surface area (Å²) in [6.45, 7) is 4.40. The standard InChI is InChI=1S/C20H20Cl2N4O/c1-3-17-19(20(27)24-12-13-6-5-9-23-11-13)18(4-2)26(25-17)14-7-8-15(21)16(22)10-14/h5-11H,3-4,12H2,1-2H3,(H,24,27). The van der Waals surface area contributed by atoms with Gasteiger partial charge in [0.2, 0.25) is 0 Å². The zero-order valence-electron chi connectivity index (χ0n) is 15.2. The zero-order valence-corrected chi connectivity index (χ0v) is 16.7. The normalized spacial score (nSPS) is 10.8. The van der Waals surface area contributed by atoms with Crippen LogP contribution in [0.1, 0.15) is 41.2 Å². The monoisotopic (exact) mass is 402 g/mol. The molecule has 0 aliphatic carbocycles. The molecule has 0 atom stereocenters. The Morgan fingerprint density at radius 2 is 1.96 bits per heavy atom. The van der Waals surface area contributed by atoms with Crippen molar-refractivity contribution >= 4 is 29.1 Å². The second-order valence-corrected chi connectivity index (χ2v) is 6.84. The van der Waals surface area contributed by atoms with E-state index >= 15 is 0 Å². The molecule has 1 aromatic carbocycles. The van der Waals surface area contributed by atoms with Gasteiger partial charge in [-0.3, -0.25) is 9.78 Å². The average molecular weight is 403 g/mol. The molecule has 5 nitrogen and oxygen atoms in total. The topological polar surface area (TPSA) is 59.8 Å². The Kier molecular flexibility index (Phi) is 6.14. The number of benzene rings is 1. The van der Waals surface area contributed by atoms with Crippen LogP contribution in [-0.2, 0) is 19.4 Å². The van der Waals surface area contributed by atoms with Crippen LogP contribution < -0.4 is 5.32 Å². The van der Waals surface area contributed by atoms with Gasteiger partial charge in [-0.05, 0) is 42.7 Å². The van der Waals surface area contributed by atoms with Crippen LogP contribution in [0.15, 0.2) is 42.7 Å². The summed E-state index contributed by atoms with van der Waals surface area (Å²) in [5.41, 5.74) is 3.94. The highest BCUT2D eigenvalue weighted by Gasteiger charge is 2.22. The highest BCUT2D eigenvalue weighted by Crippen LogP contribution is 2.27. The van der Waals surface area contributed by atoms with Crippen LogP contribution in [0.25, 0.3) is 5.69 Å². The lowest BCUT2D eigenvalue weighted by Gasteiger charge is -2.09. The summed E-state index contributed by atoms with van der Waals surface area (Å²) in [4.78, 5) is 17.0. The number of nitrogens with one attached hydrogen (secondary N) is 1. The van der Waals surface area contributed by atoms with E-state index in [1.54, 1.807) is 29.2 Å². The van der Waals surface area contributed by atoms with E-state index in [2.05, 4.69) is 15.4 Å². The van der Waals surface area contributed by atoms with E-state index in [0.29, 0.717) is 35.0 Å². The lowest BCUT2D eigenvalue weighted by atomic mass is 10.1. The number of aryl methyl sites for hydroxylation is 1. The van der Waals surface area contributed by atoms with Crippen molar-refractivity contribution in [3.63, 3.8) is 0 Å². The van der Waals surface area contributed by atoms with Gasteiger partial charge in [0.15, 0.2) is 0 Å². The third kappa shape index (κ3) is 4.15. The van der Waals surface area contributed by atoms with E-state index in [-0.39, 0.29) is 5.91 Å². The van der Waals surface area contributed by atoms with Gasteiger partial charge < -0.3 is 5.32 Å². The number of pyridine rings is 1. The van der Waals surface area contributed by atoms with Crippen LogP contribution in [0.5, 0.6) is 0 Å². The number of rotatable bonds is 6. The molecule has 0 aliphatic rings. The lowest BCUT2D eigenvalue weighted by Crippen LogP contribution is -2.24. The third-order valence-electron chi connectivity index (χ3n) is 4.27. The predicted octanol–water partition coefficient (Wildman–Crippen LogP) is 4.63. The fraction of sp³-hybridized carbons (Fsp3) is 0.250. The van der Waals surface area contributed by atoms with E-state index in [0.717, 1.165) is 22.6 Å². The maximum atomic E-state index is 12.9. The summed E-state index contributed by atoms with van der Waals surface area (Å²) < 4.78 is 1.78. The predicted molar refractivity (Wildman–Crippen MR) is 108 cm³/mol. The van der Waals surface area contributed by atoms with E-state index in [1.165, 1.54) is 0 Å². The summed E-state index contributed by atoms with van der Waals surface area (Å²) in [5.74, 6) is -0.140. The highest BCUT2D eigenvalue weighted by atomic mass is 35.5. The van der Waals surface area contributed by atoms with Gasteiger partial charge in [-0.25, -0.2) is 4.68 Å². The Bertz CT molecular complexity index is 954. The molecular weight excluding hydrogens is 383 g/mol. The molecule has 7 heteroatoms. The first kappa shape index (κ1) is 19.4. The van der Waals surface area contributed by atoms with Crippen molar-refractivity contribution in [2.24, 2.45) is 0 Å². The summed E-state index contributed by atoms with van der Waals surface area (Å²) >= 11 is 12.2. The van der Waals surface area contributed by atoms with Crippen molar-refractivity contribution in [3.05, 3.63) is 75.3 Å². The molecular formula is C20H20Cl2N4O. The van der Waals surface area contributed by atoms with Gasteiger partial charge >= 0.3 is 0 Å². The van der Waals surface area contributed by atoms with Crippen molar-refractivity contribution < 1.29 is 4.79 Å². The molecule has 0 bridgehead atoms. The van der Waals surface area contributed by atoms with Crippen LogP contribution in [0.2, 0.25) is 10.0 Å². The molecule has 0 fully saturated rings. The van der Waals surface area contributed by atoms with Gasteiger partial charge in [0.1, 0.15) is 0 Å². The number of nitrogens with zero attached hydrogens (tertiary/aromatic N) is 3. The summed E-state index contributed by atoms with van der Waals surface area (Å²) in [5, 5.41) is 8.56. The molecule has 0 radical (unpaired) electrons. The zero-order chi connectivity index (χ0) is 19.4. The average Bonchev–Trinajstić information content (AvgIpc) is 3.07. The maximum absolute atomic E-state index is 12.9. The first-order chi connectivity index (χ1) is 13.0. The lowest BCUT2D eigenvalue weighted by molar-refractivity contribution is 0.0949. The summed E-state index contributed by atoms with van der Waals surface area (Å²) in [7, 11) is 0. The molecule has 27 heavy (non-hydrogen) atoms. The SMILES string of the molecule is CCc1nn(-c2ccc(Cl)c(Cl)c2)c(CC)c1C(=O)NCc1cccnc1. The van der Waals surface area contributed by atoms with Crippen LogP contribution in [0, 0.1) is 0 Å². The van der Waals surface area contributed by atoms with Gasteiger partial charge in [0.25, 0.3) is 5.91 Å². The molecule has 3 rings (SSSR count). The summed E-state index contributed by atoms with van der Waals surface area (Å²) in [6.07, 6.45) is 4.75. The minimum absolute atomic E-state index is 0.140. The van der Waals surface area contributed by atoms with E-state index < -0.39 is 0 Å². The smallest absolute Gasteiger partial charge is 0.255 e. The minimum atomic E-state index is -0.140. The Morgan fingerprint density at radius 3 is 2.59 bits per heavy atom. The molecule has 0 unspecified atom stereocenters. The van der Waals surface area contributed by atoms with Gasteiger partial charge in [-0.1, -0.05) is 43.1 Å². The molecule has 2 heterocycles. The van der Waals surface area contributed by atoms with Crippen molar-refractivity contribution in [2.45, 2.75) is 33.2 Å². The number of amides is 1. The second-order valence-electron chi connectivity index (χ2n) is 6.03. The fourth-order valence-electron chi connectivity index (χ4n) is 2.94. The Morgan fingerprint density at radius 1 is 1.15 bits per heavy atom. The fourth-order valence-corrected chi connectivity index (χ4v) is 3.24. The van der Waals surface area contributed by atoms with E-state index in [4.69, 9.17) is 23.2 Å². The highest BCUT2D eigenvalue weighted by molar-refractivity contribution is 6.42. The van der Waals surface area contributed by atoms with Crippen LogP contribution in [0.4, 0.5) is 0 Å². The van der Waals surface area contributed by atoms with Crippen molar-refractivity contribution in [2.75, 3.05) is 0 Å². The number of halogens is 2. The molecule has 140 valence electrons. The molecule has 0 saturated heterocycles. The van der Waals surface area contributed by atoms with Gasteiger partial charge in [-0.2, -0.15) is 5.10 Å². The Balaban J connectivity index is 1.95. The molecule has 0 spiro atoms. The molecule has 0 aliphatic heterocycles. The molecule has 3 aromatic rings. The Labute approximate surface area is 168 Å². The van der Waals surface area contributed by atoms with Crippen molar-refractivity contribution in [3.8, 4) is 5.69 Å². The number of aromatic nitrogens is 3. The van der Waals surface area contributed by atoms with Crippen LogP contribution >= 0.6 is 23.2 Å². The first-order valence-corrected chi connectivity index (χ1v) is 9.54. The quantitative estimate of drug-likeness (QED) is 0.653. The second kappa shape index (κ2) is 8.55. The van der Waals surface area contributed by atoms with Gasteiger partial charge in [0, 0.05) is 18.9 Å². The largest absolute Gasteiger partial charge is 0.348 e. The number of hydrogen-bond acceptors (Lipinski definition) is 3. The summed E-state index contributed by atoms with van der Waals surface area (Å²) in [6, 6.07) is 9.10. The third-order valence-corrected chi connectivity index (χ3v) is 5.01. The molecule has 2 aromatic heterocycles. The number of carbonyl (C=O) groups excluding carboxylic acids is 1. The molecule has 1 N–H and O–H groups in total. The van der Waals surface area contributed by atoms with Crippen molar-refractivity contribution in [1.29, 1.82) is 0 Å². The van der Waals surface area contributed by atoms with Crippen LogP contribution in [0.3, 0.4) is 0 Å². The van der Waals surface area contributed by atoms with Crippen molar-refractivity contribution in [1.82, 2.24) is 20.1 Å². The Hall–Kier alpha value is -2.37. The van der Waals surface area contributed by atoms with E-state index in [9.17, 15) is 4.79 Å². The van der Waals surface area contributed by atoms with E-state index in [1.807, 2.05) is 32.0 Å². The number of hydrogen-bond donors (Lipinski definition) is 1. The van der Waals surface area contributed by atoms with Gasteiger partial charge in [-0.15, -0.1) is 0 Å². The maximum Gasteiger partial charge on any atom is 0.255 e. The molecule has 1 amide bonds. The first-order valence-electron chi connectivity index (χ1n) is 8.78.